The van der Waals surface area contributed by atoms with Crippen molar-refractivity contribution < 1.29 is 13.9 Å². The van der Waals surface area contributed by atoms with Crippen LogP contribution in [-0.2, 0) is 9.53 Å². The monoisotopic (exact) mass is 238 g/mol. The van der Waals surface area contributed by atoms with E-state index in [1.165, 1.54) is 18.2 Å². The maximum absolute atomic E-state index is 13.4. The van der Waals surface area contributed by atoms with Crippen LogP contribution in [0.25, 0.3) is 0 Å². The molecule has 2 atom stereocenters. The van der Waals surface area contributed by atoms with Gasteiger partial charge in [-0.15, -0.1) is 0 Å². The molecule has 2 unspecified atom stereocenters. The maximum atomic E-state index is 13.4. The van der Waals surface area contributed by atoms with Crippen molar-refractivity contribution in [2.24, 2.45) is 0 Å². The van der Waals surface area contributed by atoms with Crippen molar-refractivity contribution in [3.63, 3.8) is 0 Å². The van der Waals surface area contributed by atoms with Crippen LogP contribution in [0.15, 0.2) is 18.2 Å². The lowest BCUT2D eigenvalue weighted by Gasteiger charge is -2.12. The van der Waals surface area contributed by atoms with Crippen LogP contribution in [-0.4, -0.2) is 18.1 Å². The predicted molar refractivity (Wildman–Crippen MR) is 63.0 cm³/mol. The summed E-state index contributed by atoms with van der Waals surface area (Å²) in [5.74, 6) is -0.845. The van der Waals surface area contributed by atoms with Gasteiger partial charge in [-0.1, -0.05) is 0 Å². The molecule has 4 nitrogen and oxygen atoms in total. The summed E-state index contributed by atoms with van der Waals surface area (Å²) in [5, 5.41) is 2.51. The van der Waals surface area contributed by atoms with E-state index in [-0.39, 0.29) is 17.7 Å². The maximum Gasteiger partial charge on any atom is 0.253 e. The van der Waals surface area contributed by atoms with Gasteiger partial charge in [0.25, 0.3) is 5.91 Å². The Morgan fingerprint density at radius 3 is 2.88 bits per heavy atom. The summed E-state index contributed by atoms with van der Waals surface area (Å²) in [5.41, 5.74) is 5.88. The molecule has 0 spiro atoms. The van der Waals surface area contributed by atoms with Crippen LogP contribution in [0.1, 0.15) is 19.8 Å². The van der Waals surface area contributed by atoms with Crippen LogP contribution < -0.4 is 11.1 Å². The average molecular weight is 238 g/mol. The molecule has 0 bridgehead atoms. The molecular formula is C12H15FN2O2. The van der Waals surface area contributed by atoms with Gasteiger partial charge < -0.3 is 15.8 Å². The van der Waals surface area contributed by atoms with E-state index in [1.807, 2.05) is 6.92 Å². The molecule has 0 saturated carbocycles. The number of carbonyl (C=O) groups excluding carboxylic acids is 1. The predicted octanol–water partition coefficient (Wildman–Crippen LogP) is 1.91. The summed E-state index contributed by atoms with van der Waals surface area (Å²) < 4.78 is 18.8. The van der Waals surface area contributed by atoms with Gasteiger partial charge in [0.2, 0.25) is 0 Å². The Balaban J connectivity index is 2.03. The molecule has 1 aromatic rings. The standard InChI is InChI=1S/C12H15FN2O2/c1-7-2-5-11(17-7)12(16)15-10-4-3-8(14)6-9(10)13/h3-4,6-7,11H,2,5,14H2,1H3,(H,15,16). The number of amides is 1. The minimum absolute atomic E-state index is 0.0852. The van der Waals surface area contributed by atoms with Gasteiger partial charge in [-0.2, -0.15) is 0 Å². The number of nitrogen functional groups attached to an aromatic ring is 1. The first-order valence-electron chi connectivity index (χ1n) is 5.57. The lowest BCUT2D eigenvalue weighted by Crippen LogP contribution is -2.28. The number of nitrogens with one attached hydrogen (secondary N) is 1. The summed E-state index contributed by atoms with van der Waals surface area (Å²) in [4.78, 5) is 11.8. The Bertz CT molecular complexity index is 437. The molecule has 0 aromatic heterocycles. The Labute approximate surface area is 98.9 Å². The third-order valence-electron chi connectivity index (χ3n) is 2.78. The molecule has 1 heterocycles. The van der Waals surface area contributed by atoms with Gasteiger partial charge >= 0.3 is 0 Å². The third-order valence-corrected chi connectivity index (χ3v) is 2.78. The Kier molecular flexibility index (Phi) is 3.28. The Morgan fingerprint density at radius 1 is 1.53 bits per heavy atom. The molecule has 1 amide bonds. The third kappa shape index (κ3) is 2.74. The first-order chi connectivity index (χ1) is 8.06. The number of anilines is 2. The van der Waals surface area contributed by atoms with Gasteiger partial charge in [0.1, 0.15) is 11.9 Å². The van der Waals surface area contributed by atoms with Gasteiger partial charge in [-0.05, 0) is 38.0 Å². The summed E-state index contributed by atoms with van der Waals surface area (Å²) in [6, 6.07) is 4.16. The van der Waals surface area contributed by atoms with Gasteiger partial charge in [-0.3, -0.25) is 4.79 Å². The van der Waals surface area contributed by atoms with E-state index in [1.54, 1.807) is 0 Å². The van der Waals surface area contributed by atoms with Crippen molar-refractivity contribution in [2.75, 3.05) is 11.1 Å². The van der Waals surface area contributed by atoms with E-state index in [4.69, 9.17) is 10.5 Å². The molecule has 1 aliphatic heterocycles. The largest absolute Gasteiger partial charge is 0.399 e. The van der Waals surface area contributed by atoms with E-state index in [2.05, 4.69) is 5.32 Å². The second-order valence-electron chi connectivity index (χ2n) is 4.24. The Hall–Kier alpha value is -1.62. The quantitative estimate of drug-likeness (QED) is 0.773. The fraction of sp³-hybridized carbons (Fsp3) is 0.417. The highest BCUT2D eigenvalue weighted by atomic mass is 19.1. The smallest absolute Gasteiger partial charge is 0.253 e. The molecule has 1 fully saturated rings. The lowest BCUT2D eigenvalue weighted by atomic mass is 10.2. The number of carbonyl (C=O) groups is 1. The van der Waals surface area contributed by atoms with Gasteiger partial charge in [0, 0.05) is 5.69 Å². The zero-order chi connectivity index (χ0) is 12.4. The minimum Gasteiger partial charge on any atom is -0.399 e. The van der Waals surface area contributed by atoms with Crippen molar-refractivity contribution >= 4 is 17.3 Å². The lowest BCUT2D eigenvalue weighted by molar-refractivity contribution is -0.126. The van der Waals surface area contributed by atoms with Crippen molar-refractivity contribution in [1.82, 2.24) is 0 Å². The van der Waals surface area contributed by atoms with Crippen molar-refractivity contribution in [3.8, 4) is 0 Å². The molecule has 1 aliphatic rings. The highest BCUT2D eigenvalue weighted by Gasteiger charge is 2.28. The average Bonchev–Trinajstić information content (AvgIpc) is 2.69. The van der Waals surface area contributed by atoms with E-state index in [9.17, 15) is 9.18 Å². The number of nitrogens with two attached hydrogens (primary N) is 1. The van der Waals surface area contributed by atoms with Crippen LogP contribution in [0.5, 0.6) is 0 Å². The molecule has 0 aliphatic carbocycles. The summed E-state index contributed by atoms with van der Waals surface area (Å²) in [6.07, 6.45) is 1.12. The molecule has 3 N–H and O–H groups in total. The SMILES string of the molecule is CC1CCC(C(=O)Nc2ccc(N)cc2F)O1. The molecule has 0 radical (unpaired) electrons. The van der Waals surface area contributed by atoms with Gasteiger partial charge in [0.05, 0.1) is 11.8 Å². The van der Waals surface area contributed by atoms with Crippen LogP contribution in [0.4, 0.5) is 15.8 Å². The molecule has 2 rings (SSSR count). The van der Waals surface area contributed by atoms with Crippen molar-refractivity contribution in [3.05, 3.63) is 24.0 Å². The molecule has 1 aromatic carbocycles. The van der Waals surface area contributed by atoms with Gasteiger partial charge in [0.15, 0.2) is 0 Å². The first-order valence-corrected chi connectivity index (χ1v) is 5.57. The molecule has 5 heteroatoms. The number of benzene rings is 1. The highest BCUT2D eigenvalue weighted by Crippen LogP contribution is 2.22. The van der Waals surface area contributed by atoms with E-state index < -0.39 is 11.9 Å². The van der Waals surface area contributed by atoms with Gasteiger partial charge in [-0.25, -0.2) is 4.39 Å². The second kappa shape index (κ2) is 4.71. The fourth-order valence-corrected chi connectivity index (χ4v) is 1.84. The van der Waals surface area contributed by atoms with Crippen molar-refractivity contribution in [2.45, 2.75) is 32.0 Å². The highest BCUT2D eigenvalue weighted by molar-refractivity contribution is 5.94. The van der Waals surface area contributed by atoms with Crippen molar-refractivity contribution in [1.29, 1.82) is 0 Å². The molecule has 92 valence electrons. The zero-order valence-corrected chi connectivity index (χ0v) is 9.57. The zero-order valence-electron chi connectivity index (χ0n) is 9.57. The van der Waals surface area contributed by atoms with Crippen LogP contribution in [0.2, 0.25) is 0 Å². The fourth-order valence-electron chi connectivity index (χ4n) is 1.84. The number of hydrogen-bond acceptors (Lipinski definition) is 3. The van der Waals surface area contributed by atoms with Crippen LogP contribution >= 0.6 is 0 Å². The minimum atomic E-state index is -0.538. The normalized spacial score (nSPS) is 23.6. The van der Waals surface area contributed by atoms with E-state index >= 15 is 0 Å². The number of rotatable bonds is 2. The Morgan fingerprint density at radius 2 is 2.29 bits per heavy atom. The van der Waals surface area contributed by atoms with E-state index in [0.717, 1.165) is 6.42 Å². The number of hydrogen-bond donors (Lipinski definition) is 2. The topological polar surface area (TPSA) is 64.4 Å². The van der Waals surface area contributed by atoms with E-state index in [0.29, 0.717) is 12.1 Å². The molecule has 1 saturated heterocycles. The number of ether oxygens (including phenoxy) is 1. The molecule has 17 heavy (non-hydrogen) atoms. The molecular weight excluding hydrogens is 223 g/mol. The second-order valence-corrected chi connectivity index (χ2v) is 4.24. The summed E-state index contributed by atoms with van der Waals surface area (Å²) >= 11 is 0. The van der Waals surface area contributed by atoms with Crippen LogP contribution in [0, 0.1) is 5.82 Å². The van der Waals surface area contributed by atoms with Crippen LogP contribution in [0.3, 0.4) is 0 Å². The number of halogens is 1. The summed E-state index contributed by atoms with van der Waals surface area (Å²) in [7, 11) is 0. The summed E-state index contributed by atoms with van der Waals surface area (Å²) in [6.45, 7) is 1.91. The first kappa shape index (κ1) is 11.9.